The van der Waals surface area contributed by atoms with Crippen LogP contribution in [-0.4, -0.2) is 17.6 Å². The Morgan fingerprint density at radius 3 is 2.86 bits per heavy atom. The summed E-state index contributed by atoms with van der Waals surface area (Å²) in [5.74, 6) is 1.28. The van der Waals surface area contributed by atoms with E-state index in [-0.39, 0.29) is 12.0 Å². The Kier molecular flexibility index (Phi) is 2.93. The summed E-state index contributed by atoms with van der Waals surface area (Å²) in [5.41, 5.74) is 8.14. The van der Waals surface area contributed by atoms with Crippen LogP contribution in [0, 0.1) is 5.92 Å². The second-order valence-corrected chi connectivity index (χ2v) is 6.37. The van der Waals surface area contributed by atoms with Crippen molar-refractivity contribution in [2.45, 2.75) is 13.0 Å². The average molecular weight is 341 g/mol. The van der Waals surface area contributed by atoms with E-state index in [0.29, 0.717) is 0 Å². The third-order valence-corrected chi connectivity index (χ3v) is 4.62. The Hall–Kier alpha value is -1.94. The summed E-state index contributed by atoms with van der Waals surface area (Å²) in [5, 5.41) is 4.41. The highest BCUT2D eigenvalue weighted by molar-refractivity contribution is 9.11. The van der Waals surface area contributed by atoms with Crippen molar-refractivity contribution < 1.29 is 4.99 Å². The molecule has 0 spiro atoms. The lowest BCUT2D eigenvalue weighted by Crippen LogP contribution is -2.84. The maximum Gasteiger partial charge on any atom is 0.282 e. The Morgan fingerprint density at radius 1 is 1.24 bits per heavy atom. The van der Waals surface area contributed by atoms with Gasteiger partial charge in [0.2, 0.25) is 0 Å². The van der Waals surface area contributed by atoms with Gasteiger partial charge in [0, 0.05) is 10.1 Å². The summed E-state index contributed by atoms with van der Waals surface area (Å²) in [6, 6.07) is 10.8. The first kappa shape index (κ1) is 12.8. The van der Waals surface area contributed by atoms with E-state index in [9.17, 15) is 0 Å². The van der Waals surface area contributed by atoms with Crippen LogP contribution in [0.25, 0.3) is 5.57 Å². The number of nitrogens with zero attached hydrogens (tertiary/aromatic N) is 1. The standard InChI is InChI=1S/C17H14BrN3/c1-10-15-16(11-5-3-2-4-6-11)13-9-12(18)7-8-14(13)19-17(15)21-20-10/h2-9,14-15H,1H3,(H,19,21)/p+1/t14-,15-/m0/s1. The molecule has 21 heavy (non-hydrogen) atoms. The maximum absolute atomic E-state index is 4.41. The van der Waals surface area contributed by atoms with Gasteiger partial charge < -0.3 is 0 Å². The molecule has 0 amide bonds. The van der Waals surface area contributed by atoms with Crippen LogP contribution in [0.4, 0.5) is 0 Å². The van der Waals surface area contributed by atoms with Crippen molar-refractivity contribution in [1.82, 2.24) is 5.43 Å². The van der Waals surface area contributed by atoms with Gasteiger partial charge in [0.05, 0.1) is 5.71 Å². The minimum absolute atomic E-state index is 0.196. The molecule has 2 atom stereocenters. The van der Waals surface area contributed by atoms with E-state index < -0.39 is 0 Å². The Labute approximate surface area is 132 Å². The Bertz CT molecular complexity index is 753. The van der Waals surface area contributed by atoms with Gasteiger partial charge in [0.1, 0.15) is 12.0 Å². The smallest absolute Gasteiger partial charge is 0.265 e. The molecule has 2 N–H and O–H groups in total. The highest BCUT2D eigenvalue weighted by Crippen LogP contribution is 2.35. The summed E-state index contributed by atoms with van der Waals surface area (Å²) in [4.78, 5) is 3.55. The fraction of sp³-hybridized carbons (Fsp3) is 0.176. The van der Waals surface area contributed by atoms with Crippen molar-refractivity contribution >= 4 is 33.1 Å². The van der Waals surface area contributed by atoms with Crippen LogP contribution >= 0.6 is 15.9 Å². The van der Waals surface area contributed by atoms with Crippen LogP contribution in [0.5, 0.6) is 0 Å². The van der Waals surface area contributed by atoms with Gasteiger partial charge in [-0.2, -0.15) is 5.43 Å². The van der Waals surface area contributed by atoms with Crippen molar-refractivity contribution in [1.29, 1.82) is 0 Å². The summed E-state index contributed by atoms with van der Waals surface area (Å²) in [7, 11) is 0. The third kappa shape index (κ3) is 2.02. The van der Waals surface area contributed by atoms with Crippen LogP contribution < -0.4 is 10.4 Å². The molecule has 0 radical (unpaired) electrons. The normalized spacial score (nSPS) is 26.5. The SMILES string of the molecule is CC1=NNC2=[NH+][C@H]3C=CC(Br)=CC3=C(c3ccccc3)[C@H]12. The van der Waals surface area contributed by atoms with E-state index >= 15 is 0 Å². The average Bonchev–Trinajstić information content (AvgIpc) is 2.87. The number of halogens is 1. The third-order valence-electron chi connectivity index (χ3n) is 4.13. The molecule has 2 heterocycles. The zero-order chi connectivity index (χ0) is 14.4. The molecule has 4 heteroatoms. The van der Waals surface area contributed by atoms with Gasteiger partial charge in [-0.05, 0) is 36.3 Å². The molecule has 0 fully saturated rings. The Balaban J connectivity index is 1.96. The molecule has 1 aromatic carbocycles. The minimum atomic E-state index is 0.196. The summed E-state index contributed by atoms with van der Waals surface area (Å²) >= 11 is 3.60. The van der Waals surface area contributed by atoms with Gasteiger partial charge in [-0.3, -0.25) is 4.99 Å². The van der Waals surface area contributed by atoms with Crippen molar-refractivity contribution in [2.24, 2.45) is 11.0 Å². The lowest BCUT2D eigenvalue weighted by Gasteiger charge is -2.26. The molecular weight excluding hydrogens is 326 g/mol. The van der Waals surface area contributed by atoms with Crippen molar-refractivity contribution in [3.63, 3.8) is 0 Å². The van der Waals surface area contributed by atoms with Gasteiger partial charge in [-0.15, -0.1) is 0 Å². The number of hydrazone groups is 1. The number of benzene rings is 1. The van der Waals surface area contributed by atoms with E-state index in [1.807, 2.05) is 0 Å². The quantitative estimate of drug-likeness (QED) is 0.803. The molecule has 1 aliphatic carbocycles. The monoisotopic (exact) mass is 340 g/mol. The van der Waals surface area contributed by atoms with E-state index in [1.165, 1.54) is 16.7 Å². The highest BCUT2D eigenvalue weighted by atomic mass is 79.9. The minimum Gasteiger partial charge on any atom is -0.265 e. The van der Waals surface area contributed by atoms with Gasteiger partial charge in [-0.25, -0.2) is 0 Å². The number of fused-ring (bicyclic) bond motifs is 2. The molecule has 3 aliphatic rings. The molecule has 0 saturated heterocycles. The predicted octanol–water partition coefficient (Wildman–Crippen LogP) is 1.75. The molecule has 0 aromatic heterocycles. The second-order valence-electron chi connectivity index (χ2n) is 5.46. The van der Waals surface area contributed by atoms with Crippen LogP contribution in [-0.2, 0) is 0 Å². The molecule has 0 saturated carbocycles. The van der Waals surface area contributed by atoms with E-state index in [2.05, 4.69) is 86.9 Å². The van der Waals surface area contributed by atoms with Crippen molar-refractivity contribution in [3.8, 4) is 0 Å². The molecule has 2 aliphatic heterocycles. The van der Waals surface area contributed by atoms with Crippen LogP contribution in [0.2, 0.25) is 0 Å². The van der Waals surface area contributed by atoms with E-state index in [0.717, 1.165) is 16.0 Å². The molecule has 0 bridgehead atoms. The van der Waals surface area contributed by atoms with Crippen LogP contribution in [0.15, 0.2) is 63.7 Å². The van der Waals surface area contributed by atoms with Gasteiger partial charge in [-0.1, -0.05) is 51.4 Å². The fourth-order valence-corrected chi connectivity index (χ4v) is 3.59. The number of amidine groups is 1. The van der Waals surface area contributed by atoms with E-state index in [4.69, 9.17) is 0 Å². The largest absolute Gasteiger partial charge is 0.282 e. The van der Waals surface area contributed by atoms with Gasteiger partial charge in [0.25, 0.3) is 5.84 Å². The zero-order valence-corrected chi connectivity index (χ0v) is 13.2. The van der Waals surface area contributed by atoms with Gasteiger partial charge in [0.15, 0.2) is 0 Å². The number of nitrogens with one attached hydrogen (secondary N) is 2. The number of rotatable bonds is 1. The topological polar surface area (TPSA) is 38.4 Å². The molecule has 0 unspecified atom stereocenters. The number of hydrogen-bond acceptors (Lipinski definition) is 2. The molecular formula is C17H15BrN3+. The molecule has 104 valence electrons. The fourth-order valence-electron chi connectivity index (χ4n) is 3.19. The first-order chi connectivity index (χ1) is 10.2. The predicted molar refractivity (Wildman–Crippen MR) is 89.0 cm³/mol. The van der Waals surface area contributed by atoms with Crippen molar-refractivity contribution in [3.05, 3.63) is 64.2 Å². The number of hydrogen-bond donors (Lipinski definition) is 2. The summed E-state index contributed by atoms with van der Waals surface area (Å²) in [6.07, 6.45) is 6.48. The van der Waals surface area contributed by atoms with Crippen LogP contribution in [0.1, 0.15) is 12.5 Å². The number of allylic oxidation sites excluding steroid dienone is 2. The lowest BCUT2D eigenvalue weighted by molar-refractivity contribution is -0.482. The Morgan fingerprint density at radius 2 is 2.05 bits per heavy atom. The highest BCUT2D eigenvalue weighted by Gasteiger charge is 2.41. The van der Waals surface area contributed by atoms with Crippen molar-refractivity contribution in [2.75, 3.05) is 0 Å². The van der Waals surface area contributed by atoms with E-state index in [1.54, 1.807) is 0 Å². The van der Waals surface area contributed by atoms with Gasteiger partial charge >= 0.3 is 0 Å². The summed E-state index contributed by atoms with van der Waals surface area (Å²) in [6.45, 7) is 2.08. The van der Waals surface area contributed by atoms with Crippen LogP contribution in [0.3, 0.4) is 0 Å². The zero-order valence-electron chi connectivity index (χ0n) is 11.6. The molecule has 1 aromatic rings. The first-order valence-electron chi connectivity index (χ1n) is 7.02. The second kappa shape index (κ2) is 4.81. The maximum atomic E-state index is 4.41. The lowest BCUT2D eigenvalue weighted by atomic mass is 9.80. The first-order valence-corrected chi connectivity index (χ1v) is 7.82. The molecule has 4 rings (SSSR count). The molecule has 3 nitrogen and oxygen atoms in total. The summed E-state index contributed by atoms with van der Waals surface area (Å²) < 4.78 is 1.10.